The van der Waals surface area contributed by atoms with E-state index in [-0.39, 0.29) is 6.42 Å². The summed E-state index contributed by atoms with van der Waals surface area (Å²) in [5.41, 5.74) is 0. The van der Waals surface area contributed by atoms with Crippen LogP contribution in [0.1, 0.15) is 13.3 Å². The molecule has 0 rings (SSSR count). The van der Waals surface area contributed by atoms with Gasteiger partial charge in [-0.25, -0.2) is 0 Å². The Morgan fingerprint density at radius 2 is 2.07 bits per heavy atom. The van der Waals surface area contributed by atoms with Crippen LogP contribution in [0.2, 0.25) is 0 Å². The van der Waals surface area contributed by atoms with E-state index in [0.717, 1.165) is 0 Å². The van der Waals surface area contributed by atoms with Gasteiger partial charge < -0.3 is 9.29 Å². The number of rotatable bonds is 3. The van der Waals surface area contributed by atoms with Crippen LogP contribution in [0.3, 0.4) is 0 Å². The number of halogens is 3. The van der Waals surface area contributed by atoms with Crippen molar-refractivity contribution in [3.05, 3.63) is 0 Å². The third-order valence-corrected chi connectivity index (χ3v) is 2.98. The first-order valence-electron chi connectivity index (χ1n) is 3.50. The molecule has 0 bridgehead atoms. The molecule has 0 spiro atoms. The van der Waals surface area contributed by atoms with Crippen LogP contribution in [0.15, 0.2) is 0 Å². The molecule has 1 unspecified atom stereocenters. The highest BCUT2D eigenvalue weighted by Gasteiger charge is 2.31. The van der Waals surface area contributed by atoms with Crippen molar-refractivity contribution in [2.75, 3.05) is 5.75 Å². The maximum absolute atomic E-state index is 11.9. The van der Waals surface area contributed by atoms with E-state index in [9.17, 15) is 18.0 Å². The maximum atomic E-state index is 11.9. The predicted octanol–water partition coefficient (Wildman–Crippen LogP) is 2.26. The minimum atomic E-state index is -4.51. The van der Waals surface area contributed by atoms with E-state index in [1.165, 1.54) is 6.92 Å². The number of aliphatic hydroxyl groups excluding tert-OH is 1. The van der Waals surface area contributed by atoms with E-state index >= 15 is 0 Å². The smallest absolute Gasteiger partial charge is 0.397 e. The Balaban J connectivity index is 4.50. The largest absolute Gasteiger partial charge is 0.400 e. The normalized spacial score (nSPS) is 14.9. The Morgan fingerprint density at radius 3 is 2.36 bits per heavy atom. The Morgan fingerprint density at radius 1 is 1.57 bits per heavy atom. The average molecular weight is 250 g/mol. The minimum Gasteiger partial charge on any atom is -0.397 e. The summed E-state index contributed by atoms with van der Waals surface area (Å²) in [6.45, 7) is 1.44. The van der Waals surface area contributed by atoms with Gasteiger partial charge in [0.2, 0.25) is 0 Å². The molecule has 84 valence electrons. The molecule has 0 aliphatic heterocycles. The van der Waals surface area contributed by atoms with Gasteiger partial charge >= 0.3 is 12.1 Å². The van der Waals surface area contributed by atoms with Crippen molar-refractivity contribution in [3.8, 4) is 0 Å². The Kier molecular flexibility index (Phi) is 5.53. The van der Waals surface area contributed by atoms with Crippen molar-refractivity contribution in [1.82, 2.24) is 0 Å². The molecule has 0 radical (unpaired) electrons. The highest BCUT2D eigenvalue weighted by atomic mass is 32.2. The number of hydrogen-bond donors (Lipinski definition) is 2. The zero-order valence-electron chi connectivity index (χ0n) is 7.17. The van der Waals surface area contributed by atoms with Gasteiger partial charge in [-0.3, -0.25) is 4.79 Å². The van der Waals surface area contributed by atoms with Gasteiger partial charge in [0.05, 0.1) is 0 Å². The molecule has 0 fully saturated rings. The molecule has 0 aromatic rings. The van der Waals surface area contributed by atoms with Crippen molar-refractivity contribution in [2.45, 2.75) is 19.5 Å². The van der Waals surface area contributed by atoms with Crippen molar-refractivity contribution in [2.24, 2.45) is 0 Å². The molecule has 0 aromatic heterocycles. The topological polar surface area (TPSA) is 46.5 Å². The van der Waals surface area contributed by atoms with Gasteiger partial charge in [0.25, 0.3) is 0 Å². The first-order chi connectivity index (χ1) is 6.26. The molecule has 0 aromatic carbocycles. The lowest BCUT2D eigenvalue weighted by atomic mass is 10.5. The number of aliphatic hydroxyl groups is 1. The van der Waals surface area contributed by atoms with E-state index < -0.39 is 33.0 Å². The molecule has 0 aliphatic carbocycles. The number of thiol groups is 1. The Labute approximate surface area is 86.8 Å². The van der Waals surface area contributed by atoms with Crippen LogP contribution in [0.4, 0.5) is 13.2 Å². The van der Waals surface area contributed by atoms with Crippen LogP contribution in [0, 0.1) is 0 Å². The van der Waals surface area contributed by atoms with Crippen molar-refractivity contribution in [1.29, 1.82) is 0 Å². The molecular weight excluding hydrogens is 241 g/mol. The second kappa shape index (κ2) is 5.62. The van der Waals surface area contributed by atoms with Crippen LogP contribution in [0.5, 0.6) is 0 Å². The summed E-state index contributed by atoms with van der Waals surface area (Å²) < 4.78 is 39.1. The first kappa shape index (κ1) is 13.8. The third-order valence-electron chi connectivity index (χ3n) is 0.981. The Bertz CT molecular complexity index is 245. The van der Waals surface area contributed by atoms with E-state index in [1.807, 2.05) is 0 Å². The van der Waals surface area contributed by atoms with Gasteiger partial charge in [-0.2, -0.15) is 13.2 Å². The highest BCUT2D eigenvalue weighted by molar-refractivity contribution is 8.25. The summed E-state index contributed by atoms with van der Waals surface area (Å²) in [4.78, 5) is 10.7. The zero-order chi connectivity index (χ0) is 11.4. The molecular formula is C6H9F3O3S2. The number of hydrogen-bond acceptors (Lipinski definition) is 2. The van der Waals surface area contributed by atoms with Crippen LogP contribution in [0.25, 0.3) is 0 Å². The van der Waals surface area contributed by atoms with Crippen LogP contribution in [-0.2, 0) is 8.98 Å². The average Bonchev–Trinajstić information content (AvgIpc) is 2.00. The lowest BCUT2D eigenvalue weighted by Gasteiger charge is -2.11. The van der Waals surface area contributed by atoms with Crippen molar-refractivity contribution >= 4 is 33.7 Å². The summed E-state index contributed by atoms with van der Waals surface area (Å²) in [6, 6.07) is 0. The quantitative estimate of drug-likeness (QED) is 0.596. The predicted molar refractivity (Wildman–Crippen MR) is 51.5 cm³/mol. The van der Waals surface area contributed by atoms with Crippen LogP contribution < -0.4 is 0 Å². The summed E-state index contributed by atoms with van der Waals surface area (Å²) >= 11 is 3.33. The molecule has 1 atom stereocenters. The maximum Gasteiger partial charge on any atom is 0.400 e. The van der Waals surface area contributed by atoms with E-state index in [1.54, 1.807) is 0 Å². The van der Waals surface area contributed by atoms with E-state index in [2.05, 4.69) is 16.8 Å². The van der Waals surface area contributed by atoms with Gasteiger partial charge in [-0.1, -0.05) is 6.92 Å². The van der Waals surface area contributed by atoms with E-state index in [4.69, 9.17) is 5.11 Å². The van der Waals surface area contributed by atoms with Gasteiger partial charge in [-0.15, -0.1) is 12.6 Å². The Hall–Kier alpha value is -0.210. The van der Waals surface area contributed by atoms with Gasteiger partial charge in [-0.05, 0) is 0 Å². The monoisotopic (exact) mass is 250 g/mol. The first-order valence-corrected chi connectivity index (χ1v) is 5.26. The summed E-state index contributed by atoms with van der Waals surface area (Å²) in [5, 5.41) is 8.74. The molecule has 1 N–H and O–H groups in total. The summed E-state index contributed by atoms with van der Waals surface area (Å²) in [7, 11) is -2.01. The second-order valence-corrected chi connectivity index (χ2v) is 4.46. The van der Waals surface area contributed by atoms with Crippen LogP contribution >= 0.6 is 23.4 Å². The number of alkyl halides is 3. The van der Waals surface area contributed by atoms with Crippen molar-refractivity contribution < 1.29 is 27.3 Å². The van der Waals surface area contributed by atoms with Gasteiger partial charge in [0.1, 0.15) is 5.75 Å². The van der Waals surface area contributed by atoms with E-state index in [0.29, 0.717) is 0 Å². The highest BCUT2D eigenvalue weighted by Crippen LogP contribution is 2.29. The number of carbonyl (C=O) groups excluding carboxylic acids is 1. The minimum absolute atomic E-state index is 0.0532. The molecule has 0 amide bonds. The van der Waals surface area contributed by atoms with Crippen LogP contribution in [-0.4, -0.2) is 27.4 Å². The molecule has 3 nitrogen and oxygen atoms in total. The summed E-state index contributed by atoms with van der Waals surface area (Å²) in [5.74, 6) is -2.22. The zero-order valence-corrected chi connectivity index (χ0v) is 8.88. The molecule has 8 heteroatoms. The standard InChI is InChI=1S/C6H9F3O3S2/c1-2-4(10)12-14(5(11)13)3-6(7,8)9/h11,13H,2-3H2,1H3. The second-order valence-electron chi connectivity index (χ2n) is 2.20. The fourth-order valence-corrected chi connectivity index (χ4v) is 1.66. The molecule has 14 heavy (non-hydrogen) atoms. The number of carbonyl (C=O) groups is 1. The van der Waals surface area contributed by atoms with Gasteiger partial charge in [0, 0.05) is 17.2 Å². The summed E-state index contributed by atoms with van der Waals surface area (Å²) in [6.07, 6.45) is -4.56. The van der Waals surface area contributed by atoms with Gasteiger partial charge in [0.15, 0.2) is 4.38 Å². The molecule has 0 saturated heterocycles. The fourth-order valence-electron chi connectivity index (χ4n) is 0.451. The SMILES string of the molecule is CCC(=O)OS(CC(F)(F)F)=C(O)S. The lowest BCUT2D eigenvalue weighted by Crippen LogP contribution is -2.16. The lowest BCUT2D eigenvalue weighted by molar-refractivity contribution is -0.133. The van der Waals surface area contributed by atoms with Crippen molar-refractivity contribution in [3.63, 3.8) is 0 Å². The molecule has 0 saturated carbocycles. The molecule has 0 heterocycles. The third kappa shape index (κ3) is 6.28. The molecule has 0 aliphatic rings. The fraction of sp³-hybridized carbons (Fsp3) is 0.667.